The monoisotopic (exact) mass is 287 g/mol. The highest BCUT2D eigenvalue weighted by atomic mass is 35.7. The molecule has 18 heavy (non-hydrogen) atoms. The van der Waals surface area contributed by atoms with Crippen molar-refractivity contribution in [2.45, 2.75) is 11.8 Å². The summed E-state index contributed by atoms with van der Waals surface area (Å²) < 4.78 is 22.8. The molecule has 98 valence electrons. The van der Waals surface area contributed by atoms with E-state index in [9.17, 15) is 13.2 Å². The van der Waals surface area contributed by atoms with E-state index in [4.69, 9.17) is 10.7 Å². The van der Waals surface area contributed by atoms with Crippen LogP contribution < -0.4 is 0 Å². The highest BCUT2D eigenvalue weighted by molar-refractivity contribution is 8.13. The van der Waals surface area contributed by atoms with Gasteiger partial charge in [0.05, 0.1) is 10.5 Å². The molecule has 0 atom stereocenters. The van der Waals surface area contributed by atoms with Gasteiger partial charge in [-0.1, -0.05) is 17.7 Å². The van der Waals surface area contributed by atoms with Gasteiger partial charge in [-0.15, -0.1) is 6.58 Å². The molecule has 0 aromatic heterocycles. The molecule has 1 rings (SSSR count). The lowest BCUT2D eigenvalue weighted by Gasteiger charge is -2.16. The third-order valence-electron chi connectivity index (χ3n) is 2.38. The van der Waals surface area contributed by atoms with Crippen LogP contribution in [-0.4, -0.2) is 32.8 Å². The Balaban J connectivity index is 3.34. The normalized spacial score (nSPS) is 11.1. The van der Waals surface area contributed by atoms with Crippen LogP contribution in [0.5, 0.6) is 0 Å². The second kappa shape index (κ2) is 5.54. The molecular formula is C12H14ClNO3S. The van der Waals surface area contributed by atoms with E-state index in [0.29, 0.717) is 6.54 Å². The minimum absolute atomic E-state index is 0.0781. The van der Waals surface area contributed by atoms with Crippen LogP contribution in [0.15, 0.2) is 35.7 Å². The first-order valence-electron chi connectivity index (χ1n) is 5.19. The fraction of sp³-hybridized carbons (Fsp3) is 0.250. The van der Waals surface area contributed by atoms with Crippen LogP contribution in [0.25, 0.3) is 0 Å². The zero-order valence-corrected chi connectivity index (χ0v) is 11.8. The Morgan fingerprint density at radius 2 is 2.11 bits per heavy atom. The number of hydrogen-bond acceptors (Lipinski definition) is 3. The summed E-state index contributed by atoms with van der Waals surface area (Å²) in [6, 6.07) is 4.45. The van der Waals surface area contributed by atoms with Gasteiger partial charge in [-0.05, 0) is 19.1 Å². The number of hydrogen-bond donors (Lipinski definition) is 0. The summed E-state index contributed by atoms with van der Waals surface area (Å²) >= 11 is 0. The zero-order chi connectivity index (χ0) is 13.9. The molecule has 0 aliphatic heterocycles. The van der Waals surface area contributed by atoms with Crippen molar-refractivity contribution in [1.29, 1.82) is 0 Å². The van der Waals surface area contributed by atoms with Gasteiger partial charge in [-0.25, -0.2) is 8.42 Å². The number of halogens is 1. The first-order valence-corrected chi connectivity index (χ1v) is 7.50. The van der Waals surface area contributed by atoms with Crippen molar-refractivity contribution in [3.05, 3.63) is 42.0 Å². The van der Waals surface area contributed by atoms with E-state index in [1.807, 2.05) is 0 Å². The van der Waals surface area contributed by atoms with Crippen molar-refractivity contribution in [3.63, 3.8) is 0 Å². The molecule has 0 fully saturated rings. The summed E-state index contributed by atoms with van der Waals surface area (Å²) in [5, 5.41) is 0. The van der Waals surface area contributed by atoms with Gasteiger partial charge in [-0.3, -0.25) is 4.79 Å². The molecule has 1 amide bonds. The van der Waals surface area contributed by atoms with Gasteiger partial charge in [-0.2, -0.15) is 0 Å². The number of carbonyl (C=O) groups excluding carboxylic acids is 1. The van der Waals surface area contributed by atoms with Gasteiger partial charge >= 0.3 is 0 Å². The maximum absolute atomic E-state index is 12.1. The molecule has 0 aliphatic carbocycles. The number of amides is 1. The number of rotatable bonds is 4. The van der Waals surface area contributed by atoms with E-state index in [-0.39, 0.29) is 10.5 Å². The van der Waals surface area contributed by atoms with E-state index in [2.05, 4.69) is 6.58 Å². The van der Waals surface area contributed by atoms with Crippen LogP contribution in [-0.2, 0) is 9.05 Å². The van der Waals surface area contributed by atoms with Crippen LogP contribution in [0.2, 0.25) is 0 Å². The predicted molar refractivity (Wildman–Crippen MR) is 71.4 cm³/mol. The van der Waals surface area contributed by atoms with E-state index < -0.39 is 15.0 Å². The molecule has 0 N–H and O–H groups in total. The molecule has 0 spiro atoms. The SMILES string of the molecule is C=CCN(C)C(=O)c1cc(C)ccc1S(=O)(=O)Cl. The van der Waals surface area contributed by atoms with Crippen molar-refractivity contribution in [2.24, 2.45) is 0 Å². The van der Waals surface area contributed by atoms with Crippen LogP contribution in [0.3, 0.4) is 0 Å². The summed E-state index contributed by atoms with van der Waals surface area (Å²) in [7, 11) is 2.94. The topological polar surface area (TPSA) is 54.5 Å². The van der Waals surface area contributed by atoms with Crippen LogP contribution in [0.1, 0.15) is 15.9 Å². The first-order chi connectivity index (χ1) is 8.27. The average molecular weight is 288 g/mol. The summed E-state index contributed by atoms with van der Waals surface area (Å²) in [6.45, 7) is 5.63. The fourth-order valence-corrected chi connectivity index (χ4v) is 2.55. The Bertz CT molecular complexity index is 581. The van der Waals surface area contributed by atoms with Crippen molar-refractivity contribution in [1.82, 2.24) is 4.90 Å². The molecule has 0 heterocycles. The van der Waals surface area contributed by atoms with E-state index in [1.165, 1.54) is 17.0 Å². The Labute approximate surface area is 111 Å². The standard InChI is InChI=1S/C12H14ClNO3S/c1-4-7-14(3)12(15)10-8-9(2)5-6-11(10)18(13,16)17/h4-6,8H,1,7H2,2-3H3. The number of benzene rings is 1. The molecule has 6 heteroatoms. The maximum Gasteiger partial charge on any atom is 0.262 e. The van der Waals surface area contributed by atoms with Crippen molar-refractivity contribution >= 4 is 25.6 Å². The fourth-order valence-electron chi connectivity index (χ4n) is 1.51. The minimum Gasteiger partial charge on any atom is -0.338 e. The Morgan fingerprint density at radius 1 is 1.50 bits per heavy atom. The Kier molecular flexibility index (Phi) is 4.53. The zero-order valence-electron chi connectivity index (χ0n) is 10.2. The van der Waals surface area contributed by atoms with E-state index in [0.717, 1.165) is 5.56 Å². The van der Waals surface area contributed by atoms with Gasteiger partial charge in [0.25, 0.3) is 15.0 Å². The molecule has 0 saturated carbocycles. The van der Waals surface area contributed by atoms with Crippen LogP contribution >= 0.6 is 10.7 Å². The number of carbonyl (C=O) groups is 1. The van der Waals surface area contributed by atoms with E-state index in [1.54, 1.807) is 26.1 Å². The second-order valence-corrected chi connectivity index (χ2v) is 6.45. The lowest BCUT2D eigenvalue weighted by Crippen LogP contribution is -2.27. The van der Waals surface area contributed by atoms with Crippen molar-refractivity contribution in [3.8, 4) is 0 Å². The number of aryl methyl sites for hydroxylation is 1. The minimum atomic E-state index is -3.94. The highest BCUT2D eigenvalue weighted by Crippen LogP contribution is 2.22. The second-order valence-electron chi connectivity index (χ2n) is 3.91. The number of nitrogens with zero attached hydrogens (tertiary/aromatic N) is 1. The molecule has 0 saturated heterocycles. The summed E-state index contributed by atoms with van der Waals surface area (Å²) in [5.74, 6) is -0.405. The lowest BCUT2D eigenvalue weighted by atomic mass is 10.1. The van der Waals surface area contributed by atoms with Gasteiger partial charge < -0.3 is 4.90 Å². The Hall–Kier alpha value is -1.33. The molecule has 0 unspecified atom stereocenters. The molecule has 0 aliphatic rings. The molecule has 4 nitrogen and oxygen atoms in total. The summed E-state index contributed by atoms with van der Waals surface area (Å²) in [5.41, 5.74) is 0.865. The van der Waals surface area contributed by atoms with Crippen molar-refractivity contribution in [2.75, 3.05) is 13.6 Å². The summed E-state index contributed by atoms with van der Waals surface area (Å²) in [6.07, 6.45) is 1.56. The van der Waals surface area contributed by atoms with E-state index >= 15 is 0 Å². The Morgan fingerprint density at radius 3 is 2.61 bits per heavy atom. The molecule has 0 radical (unpaired) electrons. The predicted octanol–water partition coefficient (Wildman–Crippen LogP) is 2.18. The molecule has 1 aromatic carbocycles. The largest absolute Gasteiger partial charge is 0.338 e. The third-order valence-corrected chi connectivity index (χ3v) is 3.76. The molecular weight excluding hydrogens is 274 g/mol. The maximum atomic E-state index is 12.1. The van der Waals surface area contributed by atoms with Gasteiger partial charge in [0.2, 0.25) is 0 Å². The van der Waals surface area contributed by atoms with Gasteiger partial charge in [0.1, 0.15) is 0 Å². The molecule has 1 aromatic rings. The van der Waals surface area contributed by atoms with Gasteiger partial charge in [0.15, 0.2) is 0 Å². The smallest absolute Gasteiger partial charge is 0.262 e. The third kappa shape index (κ3) is 3.34. The average Bonchev–Trinajstić information content (AvgIpc) is 2.26. The van der Waals surface area contributed by atoms with Gasteiger partial charge in [0, 0.05) is 24.3 Å². The van der Waals surface area contributed by atoms with Crippen LogP contribution in [0, 0.1) is 6.92 Å². The molecule has 0 bridgehead atoms. The number of likely N-dealkylation sites (N-methyl/N-ethyl adjacent to an activating group) is 1. The van der Waals surface area contributed by atoms with Crippen LogP contribution in [0.4, 0.5) is 0 Å². The quantitative estimate of drug-likeness (QED) is 0.630. The summed E-state index contributed by atoms with van der Waals surface area (Å²) in [4.78, 5) is 13.3. The highest BCUT2D eigenvalue weighted by Gasteiger charge is 2.22. The first kappa shape index (κ1) is 14.7. The van der Waals surface area contributed by atoms with Crippen molar-refractivity contribution < 1.29 is 13.2 Å². The lowest BCUT2D eigenvalue weighted by molar-refractivity contribution is 0.0806.